The molecule has 1 N–H and O–H groups in total. The van der Waals surface area contributed by atoms with E-state index in [1.165, 1.54) is 17.4 Å². The Labute approximate surface area is 107 Å². The van der Waals surface area contributed by atoms with Crippen LogP contribution < -0.4 is 0 Å². The summed E-state index contributed by atoms with van der Waals surface area (Å²) in [5.74, 6) is -0.189. The lowest BCUT2D eigenvalue weighted by Crippen LogP contribution is -1.91. The Kier molecular flexibility index (Phi) is 2.85. The molecule has 3 aromatic rings. The predicted octanol–water partition coefficient (Wildman–Crippen LogP) is 2.62. The highest BCUT2D eigenvalue weighted by Gasteiger charge is 2.09. The molecule has 0 radical (unpaired) electrons. The molecule has 0 spiro atoms. The molecule has 0 unspecified atom stereocenters. The molecule has 0 atom stereocenters. The fraction of sp³-hybridized carbons (Fsp3) is 0.154. The first-order valence-electron chi connectivity index (χ1n) is 5.57. The fourth-order valence-corrected chi connectivity index (χ4v) is 2.90. The molecule has 0 bridgehead atoms. The van der Waals surface area contributed by atoms with Gasteiger partial charge in [-0.2, -0.15) is 0 Å². The average molecular weight is 262 g/mol. The van der Waals surface area contributed by atoms with Crippen LogP contribution in [-0.4, -0.2) is 14.5 Å². The Balaban J connectivity index is 1.96. The summed E-state index contributed by atoms with van der Waals surface area (Å²) in [5.41, 5.74) is 1.42. The van der Waals surface area contributed by atoms with E-state index in [1.807, 2.05) is 16.7 Å². The summed E-state index contributed by atoms with van der Waals surface area (Å²) >= 11 is 1.51. The summed E-state index contributed by atoms with van der Waals surface area (Å²) in [4.78, 5) is 6.05. The van der Waals surface area contributed by atoms with Gasteiger partial charge in [0, 0.05) is 17.5 Å². The van der Waals surface area contributed by atoms with Crippen LogP contribution in [0.5, 0.6) is 0 Å². The van der Waals surface area contributed by atoms with E-state index >= 15 is 0 Å². The first kappa shape index (κ1) is 11.4. The number of hydrogen-bond acceptors (Lipinski definition) is 3. The number of nitrogens with zero attached hydrogens (tertiary/aromatic N) is 2. The Morgan fingerprint density at radius 1 is 1.33 bits per heavy atom. The molecule has 0 fully saturated rings. The molecule has 0 aliphatic heterocycles. The lowest BCUT2D eigenvalue weighted by molar-refractivity contribution is 0.276. The molecule has 3 rings (SSSR count). The third-order valence-corrected chi connectivity index (χ3v) is 3.82. The van der Waals surface area contributed by atoms with E-state index < -0.39 is 0 Å². The van der Waals surface area contributed by atoms with Crippen LogP contribution in [0, 0.1) is 5.82 Å². The van der Waals surface area contributed by atoms with Crippen molar-refractivity contribution in [2.75, 3.05) is 0 Å². The first-order valence-corrected chi connectivity index (χ1v) is 6.38. The summed E-state index contributed by atoms with van der Waals surface area (Å²) in [6, 6.07) is 6.76. The SMILES string of the molecule is OCc1cnc2sc(Cc3ccccc3F)cn12. The van der Waals surface area contributed by atoms with Crippen molar-refractivity contribution in [2.45, 2.75) is 13.0 Å². The Hall–Kier alpha value is -1.72. The third-order valence-electron chi connectivity index (χ3n) is 2.82. The van der Waals surface area contributed by atoms with E-state index in [9.17, 15) is 4.39 Å². The highest BCUT2D eigenvalue weighted by Crippen LogP contribution is 2.22. The van der Waals surface area contributed by atoms with Crippen LogP contribution in [0.15, 0.2) is 36.7 Å². The maximum atomic E-state index is 13.5. The minimum absolute atomic E-state index is 0.0446. The second-order valence-electron chi connectivity index (χ2n) is 4.03. The number of imidazole rings is 1. The summed E-state index contributed by atoms with van der Waals surface area (Å²) in [6.45, 7) is -0.0446. The summed E-state index contributed by atoms with van der Waals surface area (Å²) in [6.07, 6.45) is 4.11. The van der Waals surface area contributed by atoms with Crippen LogP contribution in [0.3, 0.4) is 0 Å². The van der Waals surface area contributed by atoms with Crippen molar-refractivity contribution in [3.8, 4) is 0 Å². The molecule has 0 amide bonds. The van der Waals surface area contributed by atoms with Gasteiger partial charge in [0.1, 0.15) is 5.82 Å². The number of rotatable bonds is 3. The van der Waals surface area contributed by atoms with Crippen LogP contribution in [0.2, 0.25) is 0 Å². The van der Waals surface area contributed by atoms with Gasteiger partial charge in [-0.05, 0) is 11.6 Å². The number of aliphatic hydroxyl groups is 1. The number of aliphatic hydroxyl groups excluding tert-OH is 1. The van der Waals surface area contributed by atoms with Crippen LogP contribution in [-0.2, 0) is 13.0 Å². The maximum Gasteiger partial charge on any atom is 0.194 e. The molecule has 0 aliphatic carbocycles. The molecule has 5 heteroatoms. The van der Waals surface area contributed by atoms with Crippen LogP contribution in [0.4, 0.5) is 4.39 Å². The molecule has 0 saturated carbocycles. The number of thiazole rings is 1. The molecule has 18 heavy (non-hydrogen) atoms. The number of aromatic nitrogens is 2. The molecular formula is C13H11FN2OS. The van der Waals surface area contributed by atoms with Crippen molar-refractivity contribution < 1.29 is 9.50 Å². The van der Waals surface area contributed by atoms with Gasteiger partial charge in [-0.1, -0.05) is 18.2 Å². The van der Waals surface area contributed by atoms with Gasteiger partial charge in [0.2, 0.25) is 0 Å². The van der Waals surface area contributed by atoms with Gasteiger partial charge in [0.15, 0.2) is 4.96 Å². The standard InChI is InChI=1S/C13H11FN2OS/c14-12-4-2-1-3-9(12)5-11-7-16-10(8-17)6-15-13(16)18-11/h1-4,6-7,17H,5,8H2. The minimum atomic E-state index is -0.189. The van der Waals surface area contributed by atoms with E-state index in [4.69, 9.17) is 5.11 Å². The van der Waals surface area contributed by atoms with Crippen molar-refractivity contribution in [3.63, 3.8) is 0 Å². The molecule has 0 aliphatic rings. The molecule has 92 valence electrons. The second-order valence-corrected chi connectivity index (χ2v) is 5.12. The van der Waals surface area contributed by atoms with Crippen molar-refractivity contribution in [3.05, 3.63) is 58.6 Å². The minimum Gasteiger partial charge on any atom is -0.390 e. The number of benzene rings is 1. The third kappa shape index (κ3) is 1.91. The van der Waals surface area contributed by atoms with Gasteiger partial charge in [-0.25, -0.2) is 9.37 Å². The van der Waals surface area contributed by atoms with Crippen molar-refractivity contribution >= 4 is 16.3 Å². The highest BCUT2D eigenvalue weighted by molar-refractivity contribution is 7.17. The molecule has 0 saturated heterocycles. The smallest absolute Gasteiger partial charge is 0.194 e. The molecule has 1 aromatic carbocycles. The van der Waals surface area contributed by atoms with E-state index in [0.29, 0.717) is 12.0 Å². The highest BCUT2D eigenvalue weighted by atomic mass is 32.1. The van der Waals surface area contributed by atoms with Gasteiger partial charge < -0.3 is 5.11 Å². The molecule has 3 nitrogen and oxygen atoms in total. The zero-order valence-corrected chi connectivity index (χ0v) is 10.3. The zero-order chi connectivity index (χ0) is 12.5. The van der Waals surface area contributed by atoms with E-state index in [1.54, 1.807) is 18.3 Å². The zero-order valence-electron chi connectivity index (χ0n) is 9.51. The number of hydrogen-bond donors (Lipinski definition) is 1. The average Bonchev–Trinajstić information content (AvgIpc) is 2.91. The molecule has 2 aromatic heterocycles. The van der Waals surface area contributed by atoms with Gasteiger partial charge in [0.25, 0.3) is 0 Å². The monoisotopic (exact) mass is 262 g/mol. The number of halogens is 1. The van der Waals surface area contributed by atoms with Gasteiger partial charge in [-0.15, -0.1) is 11.3 Å². The second kappa shape index (κ2) is 4.51. The largest absolute Gasteiger partial charge is 0.390 e. The quantitative estimate of drug-likeness (QED) is 0.788. The Morgan fingerprint density at radius 3 is 2.94 bits per heavy atom. The predicted molar refractivity (Wildman–Crippen MR) is 68.2 cm³/mol. The van der Waals surface area contributed by atoms with Crippen molar-refractivity contribution in [1.29, 1.82) is 0 Å². The van der Waals surface area contributed by atoms with Gasteiger partial charge in [-0.3, -0.25) is 4.40 Å². The van der Waals surface area contributed by atoms with E-state index in [-0.39, 0.29) is 12.4 Å². The van der Waals surface area contributed by atoms with Gasteiger partial charge in [0.05, 0.1) is 18.5 Å². The summed E-state index contributed by atoms with van der Waals surface area (Å²) in [5, 5.41) is 9.15. The van der Waals surface area contributed by atoms with Gasteiger partial charge >= 0.3 is 0 Å². The number of fused-ring (bicyclic) bond motifs is 1. The molecular weight excluding hydrogens is 251 g/mol. The van der Waals surface area contributed by atoms with Crippen molar-refractivity contribution in [2.24, 2.45) is 0 Å². The van der Waals surface area contributed by atoms with Crippen LogP contribution in [0.1, 0.15) is 16.1 Å². The normalized spacial score (nSPS) is 11.2. The van der Waals surface area contributed by atoms with Crippen molar-refractivity contribution in [1.82, 2.24) is 9.38 Å². The molecule has 2 heterocycles. The topological polar surface area (TPSA) is 37.5 Å². The van der Waals surface area contributed by atoms with E-state index in [0.717, 1.165) is 15.5 Å². The summed E-state index contributed by atoms with van der Waals surface area (Å²) < 4.78 is 15.4. The maximum absolute atomic E-state index is 13.5. The Morgan fingerprint density at radius 2 is 2.17 bits per heavy atom. The lowest BCUT2D eigenvalue weighted by atomic mass is 10.1. The van der Waals surface area contributed by atoms with Crippen LogP contribution in [0.25, 0.3) is 4.96 Å². The Bertz CT molecular complexity index is 689. The van der Waals surface area contributed by atoms with E-state index in [2.05, 4.69) is 4.98 Å². The fourth-order valence-electron chi connectivity index (χ4n) is 1.91. The lowest BCUT2D eigenvalue weighted by Gasteiger charge is -1.99. The summed E-state index contributed by atoms with van der Waals surface area (Å²) in [7, 11) is 0. The first-order chi connectivity index (χ1) is 8.78. The van der Waals surface area contributed by atoms with Crippen LogP contribution >= 0.6 is 11.3 Å².